The van der Waals surface area contributed by atoms with Gasteiger partial charge in [-0.15, -0.1) is 0 Å². The average molecular weight is 211 g/mol. The Balaban J connectivity index is 2.34. The lowest BCUT2D eigenvalue weighted by atomic mass is 9.67. The lowest BCUT2D eigenvalue weighted by molar-refractivity contribution is 0.138. The van der Waals surface area contributed by atoms with Crippen LogP contribution in [-0.4, -0.2) is 6.54 Å². The minimum atomic E-state index is 0.529. The summed E-state index contributed by atoms with van der Waals surface area (Å²) < 4.78 is 0. The molecule has 0 bridgehead atoms. The fourth-order valence-electron chi connectivity index (χ4n) is 3.00. The van der Waals surface area contributed by atoms with Gasteiger partial charge in [-0.1, -0.05) is 39.5 Å². The van der Waals surface area contributed by atoms with Crippen molar-refractivity contribution in [3.05, 3.63) is 0 Å². The van der Waals surface area contributed by atoms with Crippen molar-refractivity contribution in [2.24, 2.45) is 17.1 Å². The van der Waals surface area contributed by atoms with E-state index in [1.165, 1.54) is 57.8 Å². The van der Waals surface area contributed by atoms with Gasteiger partial charge in [0.25, 0.3) is 0 Å². The molecule has 0 atom stereocenters. The van der Waals surface area contributed by atoms with Crippen molar-refractivity contribution in [1.82, 2.24) is 0 Å². The molecule has 0 saturated heterocycles. The summed E-state index contributed by atoms with van der Waals surface area (Å²) in [6, 6.07) is 0. The Labute approximate surface area is 95.8 Å². The van der Waals surface area contributed by atoms with E-state index in [2.05, 4.69) is 13.8 Å². The molecule has 0 unspecified atom stereocenters. The summed E-state index contributed by atoms with van der Waals surface area (Å²) >= 11 is 0. The smallest absolute Gasteiger partial charge is 0.00205 e. The van der Waals surface area contributed by atoms with E-state index in [-0.39, 0.29) is 0 Å². The van der Waals surface area contributed by atoms with Gasteiger partial charge in [-0.25, -0.2) is 0 Å². The predicted octanol–water partition coefficient (Wildman–Crippen LogP) is 4.11. The van der Waals surface area contributed by atoms with Crippen LogP contribution in [0.2, 0.25) is 0 Å². The topological polar surface area (TPSA) is 26.0 Å². The minimum absolute atomic E-state index is 0.529. The molecule has 1 heteroatoms. The molecule has 0 aliphatic heterocycles. The zero-order valence-corrected chi connectivity index (χ0v) is 10.7. The van der Waals surface area contributed by atoms with E-state index in [0.29, 0.717) is 5.41 Å². The van der Waals surface area contributed by atoms with Gasteiger partial charge in [-0.3, -0.25) is 0 Å². The second kappa shape index (κ2) is 6.52. The molecule has 0 heterocycles. The highest BCUT2D eigenvalue weighted by Gasteiger charge is 2.32. The van der Waals surface area contributed by atoms with Crippen LogP contribution in [0.5, 0.6) is 0 Å². The Bertz CT molecular complexity index is 151. The first-order chi connectivity index (χ1) is 7.26. The molecule has 0 aromatic rings. The van der Waals surface area contributed by atoms with Gasteiger partial charge in [-0.05, 0) is 50.0 Å². The monoisotopic (exact) mass is 211 g/mol. The van der Waals surface area contributed by atoms with Crippen molar-refractivity contribution in [2.45, 2.75) is 71.6 Å². The number of unbranched alkanes of at least 4 members (excludes halogenated alkanes) is 2. The van der Waals surface area contributed by atoms with Crippen LogP contribution >= 0.6 is 0 Å². The van der Waals surface area contributed by atoms with E-state index < -0.39 is 0 Å². The molecule has 1 nitrogen and oxygen atoms in total. The lowest BCUT2D eigenvalue weighted by Crippen LogP contribution is -2.34. The van der Waals surface area contributed by atoms with Crippen molar-refractivity contribution in [2.75, 3.05) is 6.54 Å². The third-order valence-electron chi connectivity index (χ3n) is 4.49. The first kappa shape index (κ1) is 13.0. The predicted molar refractivity (Wildman–Crippen MR) is 67.9 cm³/mol. The van der Waals surface area contributed by atoms with Crippen LogP contribution in [0.4, 0.5) is 0 Å². The quantitative estimate of drug-likeness (QED) is 0.657. The van der Waals surface area contributed by atoms with Crippen LogP contribution in [-0.2, 0) is 0 Å². The fourth-order valence-corrected chi connectivity index (χ4v) is 3.00. The number of hydrogen-bond acceptors (Lipinski definition) is 1. The van der Waals surface area contributed by atoms with Crippen molar-refractivity contribution in [3.63, 3.8) is 0 Å². The summed E-state index contributed by atoms with van der Waals surface area (Å²) in [4.78, 5) is 0. The Kier molecular flexibility index (Phi) is 5.66. The van der Waals surface area contributed by atoms with E-state index in [4.69, 9.17) is 5.73 Å². The molecule has 1 rings (SSSR count). The third kappa shape index (κ3) is 3.79. The van der Waals surface area contributed by atoms with Crippen LogP contribution in [0.1, 0.15) is 71.6 Å². The molecular weight excluding hydrogens is 182 g/mol. The molecular formula is C14H29N. The number of nitrogens with two attached hydrogens (primary N) is 1. The van der Waals surface area contributed by atoms with Crippen LogP contribution in [0, 0.1) is 11.3 Å². The van der Waals surface area contributed by atoms with E-state index >= 15 is 0 Å². The highest BCUT2D eigenvalue weighted by atomic mass is 14.6. The molecule has 0 aromatic heterocycles. The Hall–Kier alpha value is -0.0400. The van der Waals surface area contributed by atoms with E-state index in [1.54, 1.807) is 0 Å². The van der Waals surface area contributed by atoms with Gasteiger partial charge in [0.05, 0.1) is 0 Å². The Morgan fingerprint density at radius 1 is 1.13 bits per heavy atom. The van der Waals surface area contributed by atoms with Crippen molar-refractivity contribution in [1.29, 1.82) is 0 Å². The van der Waals surface area contributed by atoms with E-state index in [9.17, 15) is 0 Å². The number of rotatable bonds is 6. The maximum absolute atomic E-state index is 6.01. The molecule has 1 aliphatic rings. The van der Waals surface area contributed by atoms with Crippen molar-refractivity contribution in [3.8, 4) is 0 Å². The zero-order chi connectivity index (χ0) is 11.1. The standard InChI is InChI=1S/C14H29N/c1-3-5-6-9-14(12-15)10-7-13(4-2)8-11-14/h13H,3-12,15H2,1-2H3. The first-order valence-electron chi connectivity index (χ1n) is 6.96. The number of hydrogen-bond donors (Lipinski definition) is 1. The van der Waals surface area contributed by atoms with Crippen LogP contribution in [0.15, 0.2) is 0 Å². The molecule has 0 amide bonds. The van der Waals surface area contributed by atoms with Crippen LogP contribution < -0.4 is 5.73 Å². The van der Waals surface area contributed by atoms with E-state index in [0.717, 1.165) is 12.5 Å². The van der Waals surface area contributed by atoms with Gasteiger partial charge in [-0.2, -0.15) is 0 Å². The highest BCUT2D eigenvalue weighted by Crippen LogP contribution is 2.42. The van der Waals surface area contributed by atoms with Crippen molar-refractivity contribution < 1.29 is 0 Å². The summed E-state index contributed by atoms with van der Waals surface area (Å²) in [5.41, 5.74) is 6.54. The Morgan fingerprint density at radius 2 is 1.80 bits per heavy atom. The first-order valence-corrected chi connectivity index (χ1v) is 6.96. The molecule has 0 spiro atoms. The molecule has 1 aliphatic carbocycles. The highest BCUT2D eigenvalue weighted by molar-refractivity contribution is 4.86. The molecule has 15 heavy (non-hydrogen) atoms. The molecule has 0 aromatic carbocycles. The summed E-state index contributed by atoms with van der Waals surface area (Å²) in [6.45, 7) is 5.54. The third-order valence-corrected chi connectivity index (χ3v) is 4.49. The van der Waals surface area contributed by atoms with Gasteiger partial charge < -0.3 is 5.73 Å². The van der Waals surface area contributed by atoms with Gasteiger partial charge in [0.1, 0.15) is 0 Å². The SMILES string of the molecule is CCCCCC1(CN)CCC(CC)CC1. The molecule has 1 saturated carbocycles. The average Bonchev–Trinajstić information content (AvgIpc) is 2.30. The van der Waals surface area contributed by atoms with E-state index in [1.807, 2.05) is 0 Å². The lowest BCUT2D eigenvalue weighted by Gasteiger charge is -2.39. The van der Waals surface area contributed by atoms with Crippen LogP contribution in [0.3, 0.4) is 0 Å². The normalized spacial score (nSPS) is 31.8. The second-order valence-electron chi connectivity index (χ2n) is 5.51. The van der Waals surface area contributed by atoms with Crippen LogP contribution in [0.25, 0.3) is 0 Å². The summed E-state index contributed by atoms with van der Waals surface area (Å²) in [5, 5.41) is 0. The Morgan fingerprint density at radius 3 is 2.27 bits per heavy atom. The zero-order valence-electron chi connectivity index (χ0n) is 10.7. The van der Waals surface area contributed by atoms with Gasteiger partial charge in [0.2, 0.25) is 0 Å². The summed E-state index contributed by atoms with van der Waals surface area (Å²) in [7, 11) is 0. The minimum Gasteiger partial charge on any atom is -0.330 e. The van der Waals surface area contributed by atoms with Gasteiger partial charge in [0.15, 0.2) is 0 Å². The molecule has 2 N–H and O–H groups in total. The maximum Gasteiger partial charge on any atom is -0.00205 e. The van der Waals surface area contributed by atoms with Crippen molar-refractivity contribution >= 4 is 0 Å². The molecule has 90 valence electrons. The maximum atomic E-state index is 6.01. The van der Waals surface area contributed by atoms with Gasteiger partial charge >= 0.3 is 0 Å². The summed E-state index contributed by atoms with van der Waals surface area (Å²) in [6.07, 6.45) is 12.5. The second-order valence-corrected chi connectivity index (χ2v) is 5.51. The molecule has 1 fully saturated rings. The summed E-state index contributed by atoms with van der Waals surface area (Å²) in [5.74, 6) is 0.996. The van der Waals surface area contributed by atoms with Gasteiger partial charge in [0, 0.05) is 0 Å². The molecule has 0 radical (unpaired) electrons. The fraction of sp³-hybridized carbons (Fsp3) is 1.00. The largest absolute Gasteiger partial charge is 0.330 e.